The maximum Gasteiger partial charge on any atom is 0.202 e. The first-order valence-electron chi connectivity index (χ1n) is 4.76. The van der Waals surface area contributed by atoms with Crippen LogP contribution < -0.4 is 5.32 Å². The molecule has 5 nitrogen and oxygen atoms in total. The van der Waals surface area contributed by atoms with Crippen LogP contribution in [0.25, 0.3) is 0 Å². The molecule has 80 valence electrons. The molecule has 6 heteroatoms. The van der Waals surface area contributed by atoms with Crippen LogP contribution in [0.3, 0.4) is 0 Å². The SMILES string of the molecule is Cc1nsc(NC(C)Cn2ccnc2)n1. The van der Waals surface area contributed by atoms with Gasteiger partial charge in [0.1, 0.15) is 5.82 Å². The summed E-state index contributed by atoms with van der Waals surface area (Å²) in [6, 6.07) is 0.312. The predicted molar refractivity (Wildman–Crippen MR) is 60.0 cm³/mol. The standard InChI is InChI=1S/C9H13N5S/c1-7(5-14-4-3-10-6-14)11-9-12-8(2)13-15-9/h3-4,6-7H,5H2,1-2H3,(H,11,12,13). The lowest BCUT2D eigenvalue weighted by molar-refractivity contribution is 0.618. The van der Waals surface area contributed by atoms with Crippen LogP contribution >= 0.6 is 11.5 Å². The van der Waals surface area contributed by atoms with Crippen molar-refractivity contribution in [2.24, 2.45) is 0 Å². The van der Waals surface area contributed by atoms with Gasteiger partial charge in [0.2, 0.25) is 5.13 Å². The molecule has 0 aromatic carbocycles. The number of hydrogen-bond donors (Lipinski definition) is 1. The van der Waals surface area contributed by atoms with E-state index < -0.39 is 0 Å². The molecular weight excluding hydrogens is 210 g/mol. The molecule has 0 bridgehead atoms. The third kappa shape index (κ3) is 2.76. The Bertz CT molecular complexity index is 408. The molecule has 15 heavy (non-hydrogen) atoms. The number of nitrogens with one attached hydrogen (secondary N) is 1. The van der Waals surface area contributed by atoms with Crippen LogP contribution in [0.1, 0.15) is 12.7 Å². The van der Waals surface area contributed by atoms with E-state index in [2.05, 4.69) is 26.6 Å². The lowest BCUT2D eigenvalue weighted by Gasteiger charge is -2.12. The average Bonchev–Trinajstić information content (AvgIpc) is 2.77. The van der Waals surface area contributed by atoms with Crippen molar-refractivity contribution in [3.63, 3.8) is 0 Å². The molecule has 1 atom stereocenters. The summed E-state index contributed by atoms with van der Waals surface area (Å²) in [5, 5.41) is 4.17. The van der Waals surface area contributed by atoms with E-state index in [1.165, 1.54) is 11.5 Å². The van der Waals surface area contributed by atoms with Gasteiger partial charge in [-0.1, -0.05) is 0 Å². The van der Waals surface area contributed by atoms with Crippen LogP contribution in [0.2, 0.25) is 0 Å². The van der Waals surface area contributed by atoms with E-state index >= 15 is 0 Å². The van der Waals surface area contributed by atoms with Gasteiger partial charge >= 0.3 is 0 Å². The molecule has 2 heterocycles. The van der Waals surface area contributed by atoms with Gasteiger partial charge in [-0.25, -0.2) is 9.97 Å². The van der Waals surface area contributed by atoms with Gasteiger partial charge in [-0.2, -0.15) is 4.37 Å². The Kier molecular flexibility index (Phi) is 2.96. The second kappa shape index (κ2) is 4.39. The summed E-state index contributed by atoms with van der Waals surface area (Å²) in [4.78, 5) is 8.25. The molecule has 2 rings (SSSR count). The molecule has 0 fully saturated rings. The number of aromatic nitrogens is 4. The van der Waals surface area contributed by atoms with Gasteiger partial charge in [0, 0.05) is 36.5 Å². The van der Waals surface area contributed by atoms with E-state index in [1.807, 2.05) is 24.0 Å². The van der Waals surface area contributed by atoms with Crippen molar-refractivity contribution in [1.82, 2.24) is 18.9 Å². The second-order valence-corrected chi connectivity index (χ2v) is 4.20. The topological polar surface area (TPSA) is 55.6 Å². The molecule has 0 radical (unpaired) electrons. The highest BCUT2D eigenvalue weighted by Crippen LogP contribution is 2.11. The van der Waals surface area contributed by atoms with Crippen molar-refractivity contribution in [1.29, 1.82) is 0 Å². The van der Waals surface area contributed by atoms with Gasteiger partial charge in [0.15, 0.2) is 0 Å². The summed E-state index contributed by atoms with van der Waals surface area (Å²) in [7, 11) is 0. The normalized spacial score (nSPS) is 12.7. The fourth-order valence-electron chi connectivity index (χ4n) is 1.32. The maximum atomic E-state index is 4.25. The highest BCUT2D eigenvalue weighted by Gasteiger charge is 2.05. The van der Waals surface area contributed by atoms with Crippen molar-refractivity contribution < 1.29 is 0 Å². The lowest BCUT2D eigenvalue weighted by atomic mass is 10.3. The Balaban J connectivity index is 1.90. The van der Waals surface area contributed by atoms with Gasteiger partial charge in [-0.05, 0) is 13.8 Å². The molecule has 0 saturated heterocycles. The Morgan fingerprint density at radius 3 is 3.07 bits per heavy atom. The van der Waals surface area contributed by atoms with Crippen molar-refractivity contribution in [3.05, 3.63) is 24.5 Å². The minimum absolute atomic E-state index is 0.312. The highest BCUT2D eigenvalue weighted by molar-refractivity contribution is 7.09. The maximum absolute atomic E-state index is 4.25. The van der Waals surface area contributed by atoms with Crippen LogP contribution in [0.4, 0.5) is 5.13 Å². The molecule has 2 aromatic rings. The summed E-state index contributed by atoms with van der Waals surface area (Å²) >= 11 is 1.39. The van der Waals surface area contributed by atoms with E-state index in [9.17, 15) is 0 Å². The Morgan fingerprint density at radius 1 is 1.60 bits per heavy atom. The minimum atomic E-state index is 0.312. The van der Waals surface area contributed by atoms with Crippen molar-refractivity contribution >= 4 is 16.7 Å². The first-order chi connectivity index (χ1) is 7.24. The number of imidazole rings is 1. The average molecular weight is 223 g/mol. The summed E-state index contributed by atoms with van der Waals surface area (Å²) in [5.41, 5.74) is 0. The van der Waals surface area contributed by atoms with Crippen LogP contribution in [-0.4, -0.2) is 25.0 Å². The number of rotatable bonds is 4. The first-order valence-corrected chi connectivity index (χ1v) is 5.54. The first kappa shape index (κ1) is 10.1. The van der Waals surface area contributed by atoms with Crippen molar-refractivity contribution in [2.75, 3.05) is 5.32 Å². The van der Waals surface area contributed by atoms with E-state index in [4.69, 9.17) is 0 Å². The highest BCUT2D eigenvalue weighted by atomic mass is 32.1. The van der Waals surface area contributed by atoms with E-state index in [0.717, 1.165) is 17.5 Å². The molecule has 1 unspecified atom stereocenters. The number of anilines is 1. The number of aryl methyl sites for hydroxylation is 1. The van der Waals surface area contributed by atoms with Gasteiger partial charge in [0.05, 0.1) is 6.33 Å². The van der Waals surface area contributed by atoms with Crippen molar-refractivity contribution in [3.8, 4) is 0 Å². The molecule has 0 aliphatic heterocycles. The molecule has 0 amide bonds. The molecule has 0 aliphatic rings. The molecule has 0 aliphatic carbocycles. The largest absolute Gasteiger partial charge is 0.356 e. The van der Waals surface area contributed by atoms with Crippen LogP contribution in [-0.2, 0) is 6.54 Å². The third-order valence-corrected chi connectivity index (χ3v) is 2.68. The summed E-state index contributed by atoms with van der Waals surface area (Å²) in [6.45, 7) is 4.87. The van der Waals surface area contributed by atoms with Gasteiger partial charge in [0.25, 0.3) is 0 Å². The molecular formula is C9H13N5S. The fourth-order valence-corrected chi connectivity index (χ4v) is 2.01. The van der Waals surface area contributed by atoms with Crippen LogP contribution in [0, 0.1) is 6.92 Å². The van der Waals surface area contributed by atoms with Gasteiger partial charge in [-0.3, -0.25) is 0 Å². The predicted octanol–water partition coefficient (Wildman–Crippen LogP) is 1.54. The fraction of sp³-hybridized carbons (Fsp3) is 0.444. The molecule has 1 N–H and O–H groups in total. The smallest absolute Gasteiger partial charge is 0.202 e. The second-order valence-electron chi connectivity index (χ2n) is 3.45. The van der Waals surface area contributed by atoms with Crippen LogP contribution in [0.15, 0.2) is 18.7 Å². The third-order valence-electron chi connectivity index (χ3n) is 1.94. The zero-order valence-corrected chi connectivity index (χ0v) is 9.53. The van der Waals surface area contributed by atoms with E-state index in [0.29, 0.717) is 6.04 Å². The summed E-state index contributed by atoms with van der Waals surface area (Å²) < 4.78 is 6.15. The zero-order valence-electron chi connectivity index (χ0n) is 8.71. The van der Waals surface area contributed by atoms with E-state index in [-0.39, 0.29) is 0 Å². The van der Waals surface area contributed by atoms with Crippen LogP contribution in [0.5, 0.6) is 0 Å². The van der Waals surface area contributed by atoms with E-state index in [1.54, 1.807) is 6.20 Å². The molecule has 0 saturated carbocycles. The lowest BCUT2D eigenvalue weighted by Crippen LogP contribution is -2.21. The summed E-state index contributed by atoms with van der Waals surface area (Å²) in [6.07, 6.45) is 5.54. The Morgan fingerprint density at radius 2 is 2.47 bits per heavy atom. The summed E-state index contributed by atoms with van der Waals surface area (Å²) in [5.74, 6) is 0.817. The zero-order chi connectivity index (χ0) is 10.7. The van der Waals surface area contributed by atoms with Gasteiger partial charge < -0.3 is 9.88 Å². The quantitative estimate of drug-likeness (QED) is 0.854. The minimum Gasteiger partial charge on any atom is -0.356 e. The molecule has 2 aromatic heterocycles. The number of nitrogens with zero attached hydrogens (tertiary/aromatic N) is 4. The van der Waals surface area contributed by atoms with Crippen molar-refractivity contribution in [2.45, 2.75) is 26.4 Å². The monoisotopic (exact) mass is 223 g/mol. The molecule has 0 spiro atoms. The Hall–Kier alpha value is -1.43. The number of hydrogen-bond acceptors (Lipinski definition) is 5. The Labute approximate surface area is 92.4 Å². The van der Waals surface area contributed by atoms with Gasteiger partial charge in [-0.15, -0.1) is 0 Å².